The van der Waals surface area contributed by atoms with Gasteiger partial charge in [-0.2, -0.15) is 0 Å². The summed E-state index contributed by atoms with van der Waals surface area (Å²) in [7, 11) is 0. The third-order valence-electron chi connectivity index (χ3n) is 0.102. The monoisotopic (exact) mass is 72.0 g/mol. The molecule has 0 aliphatic heterocycles. The topological polar surface area (TPSA) is 37.3 Å². The smallest absolute Gasteiger partial charge is 0.381 e. The first-order chi connectivity index (χ1) is 3.31. The van der Waals surface area contributed by atoms with Gasteiger partial charge in [0.15, 0.2) is 0 Å². The van der Waals surface area contributed by atoms with Crippen molar-refractivity contribution in [3.05, 3.63) is 0 Å². The van der Waals surface area contributed by atoms with Crippen LogP contribution in [0.25, 0.3) is 1.43 Å². The average molecular weight is 72.1 g/mol. The summed E-state index contributed by atoms with van der Waals surface area (Å²) in [5.41, 5.74) is 0. The van der Waals surface area contributed by atoms with Gasteiger partial charge in [-0.05, 0) is 0 Å². The first-order valence-electron chi connectivity index (χ1n) is 1.82. The third-order valence-corrected chi connectivity index (χ3v) is 0.102. The second-order valence-electron chi connectivity index (χ2n) is 0.412. The Balaban J connectivity index is 3.52. The highest BCUT2D eigenvalue weighted by molar-refractivity contribution is 5.85. The summed E-state index contributed by atoms with van der Waals surface area (Å²) in [6.07, 6.45) is 1.52. The van der Waals surface area contributed by atoms with Crippen LogP contribution in [-0.2, 0) is 4.79 Å². The highest BCUT2D eigenvalue weighted by atomic mass is 16.4. The predicted molar refractivity (Wildman–Crippen MR) is 16.5 cm³/mol. The molecule has 5 heavy (non-hydrogen) atoms. The number of terminal acetylenes is 1. The number of rotatable bonds is 0. The molecular formula is C3H2O2. The average Bonchev–Trinajstić information content (AvgIpc) is 1.68. The molecule has 2 heteroatoms. The van der Waals surface area contributed by atoms with E-state index in [0.717, 1.165) is 0 Å². The minimum Gasteiger partial charge on any atom is -0.472 e. The highest BCUT2D eigenvalue weighted by Crippen LogP contribution is 1.44. The fraction of sp³-hybridized carbons (Fsp3) is 0. The number of carbonyl (C=O) groups is 1. The van der Waals surface area contributed by atoms with Gasteiger partial charge in [-0.25, -0.2) is 4.79 Å². The van der Waals surface area contributed by atoms with Gasteiger partial charge in [-0.1, -0.05) is 0 Å². The molecule has 2 nitrogen and oxygen atoms in total. The summed E-state index contributed by atoms with van der Waals surface area (Å²) in [6.45, 7) is 0. The molecule has 0 fully saturated rings. The van der Waals surface area contributed by atoms with Crippen molar-refractivity contribution in [2.24, 2.45) is 0 Å². The molecule has 0 saturated heterocycles. The molecule has 0 rings (SSSR count). The Morgan fingerprint density at radius 3 is 3.60 bits per heavy atom. The van der Waals surface area contributed by atoms with Gasteiger partial charge in [-0.15, -0.1) is 6.40 Å². The molecule has 0 aromatic heterocycles. The van der Waals surface area contributed by atoms with Crippen LogP contribution in [0.3, 0.4) is 0 Å². The molecular weight excluding hydrogens is 68.0 g/mol. The molecule has 0 aliphatic carbocycles. The lowest BCUT2D eigenvalue weighted by atomic mass is 10.7. The zero-order valence-corrected chi connectivity index (χ0v) is 2.32. The van der Waals surface area contributed by atoms with Crippen LogP contribution in [0.15, 0.2) is 0 Å². The lowest BCUT2D eigenvalue weighted by molar-refractivity contribution is -0.130. The van der Waals surface area contributed by atoms with Crippen LogP contribution in [0.5, 0.6) is 0 Å². The lowest BCUT2D eigenvalue weighted by Crippen LogP contribution is -1.83. The molecule has 0 atom stereocenters. The van der Waals surface area contributed by atoms with Gasteiger partial charge in [0.1, 0.15) is 1.37 Å². The maximum absolute atomic E-state index is 9.71. The van der Waals surface area contributed by atoms with Crippen molar-refractivity contribution >= 4 is 5.97 Å². The maximum Gasteiger partial charge on any atom is 0.381 e. The van der Waals surface area contributed by atoms with Crippen LogP contribution in [-0.4, -0.2) is 11.1 Å². The van der Waals surface area contributed by atoms with Crippen molar-refractivity contribution in [3.63, 3.8) is 0 Å². The molecule has 0 aliphatic rings. The zero-order chi connectivity index (χ0) is 5.70. The van der Waals surface area contributed by atoms with E-state index in [2.05, 4.69) is 5.11 Å². The second-order valence-corrected chi connectivity index (χ2v) is 0.412. The van der Waals surface area contributed by atoms with Gasteiger partial charge in [0.05, 0.1) is 0 Å². The van der Waals surface area contributed by atoms with Gasteiger partial charge in [0, 0.05) is 5.92 Å². The number of carboxylic acids is 1. The van der Waals surface area contributed by atoms with E-state index in [1.807, 2.05) is 0 Å². The van der Waals surface area contributed by atoms with E-state index < -0.39 is 5.97 Å². The highest BCUT2D eigenvalue weighted by Gasteiger charge is 1.74. The van der Waals surface area contributed by atoms with E-state index in [1.165, 1.54) is 6.40 Å². The van der Waals surface area contributed by atoms with E-state index in [4.69, 9.17) is 2.80 Å². The molecule has 0 unspecified atom stereocenters. The summed E-state index contributed by atoms with van der Waals surface area (Å²) in [4.78, 5) is 9.71. The van der Waals surface area contributed by atoms with Crippen molar-refractivity contribution in [2.75, 3.05) is 0 Å². The summed E-state index contributed by atoms with van der Waals surface area (Å²) < 4.78 is 12.0. The Morgan fingerprint density at radius 1 is 2.60 bits per heavy atom. The van der Waals surface area contributed by atoms with Crippen LogP contribution in [0.1, 0.15) is 1.37 Å². The molecule has 26 valence electrons. The molecule has 0 amide bonds. The van der Waals surface area contributed by atoms with Crippen LogP contribution in [0.4, 0.5) is 0 Å². The van der Waals surface area contributed by atoms with E-state index in [9.17, 15) is 4.79 Å². The SMILES string of the molecule is [2H]C#CC(=O)O[2H]. The standard InChI is InChI=1S/C3H2O2/c1-2-3(4)5/h1H,(H,4,5)/i1D/hD. The van der Waals surface area contributed by atoms with Crippen LogP contribution in [0, 0.1) is 12.3 Å². The first-order valence-corrected chi connectivity index (χ1v) is 0.908. The number of hydrogen-bond acceptors (Lipinski definition) is 2. The largest absolute Gasteiger partial charge is 0.472 e. The molecule has 0 radical (unpaired) electrons. The predicted octanol–water partition coefficient (Wildman–Crippen LogP) is -0.296. The van der Waals surface area contributed by atoms with Crippen LogP contribution < -0.4 is 0 Å². The second kappa shape index (κ2) is 1.36. The van der Waals surface area contributed by atoms with E-state index in [1.54, 1.807) is 5.92 Å². The molecule has 0 aromatic carbocycles. The number of aliphatic carboxylic acids is 1. The number of hydrogen-bond donors (Lipinski definition) is 1. The summed E-state index contributed by atoms with van der Waals surface area (Å²) in [5.74, 6) is 0.659. The van der Waals surface area contributed by atoms with Crippen molar-refractivity contribution < 1.29 is 11.3 Å². The molecule has 0 saturated carbocycles. The summed E-state index contributed by atoms with van der Waals surface area (Å²) >= 11 is 0. The van der Waals surface area contributed by atoms with Gasteiger partial charge in [-0.3, -0.25) is 0 Å². The van der Waals surface area contributed by atoms with Gasteiger partial charge in [0.25, 0.3) is 1.43 Å². The Morgan fingerprint density at radius 2 is 3.40 bits per heavy atom. The van der Waals surface area contributed by atoms with Crippen molar-refractivity contribution in [1.82, 2.24) is 0 Å². The van der Waals surface area contributed by atoms with Gasteiger partial charge >= 0.3 is 5.97 Å². The van der Waals surface area contributed by atoms with Crippen LogP contribution >= 0.6 is 0 Å². The lowest BCUT2D eigenvalue weighted by Gasteiger charge is -1.60. The van der Waals surface area contributed by atoms with E-state index >= 15 is 0 Å². The Hall–Kier alpha value is -0.970. The van der Waals surface area contributed by atoms with Crippen molar-refractivity contribution in [2.45, 2.75) is 0 Å². The maximum atomic E-state index is 9.71. The fourth-order valence-corrected chi connectivity index (χ4v) is 0. The molecule has 0 heterocycles. The molecule has 0 aromatic rings. The zero-order valence-electron chi connectivity index (χ0n) is 4.32. The minimum atomic E-state index is -1.00. The quantitative estimate of drug-likeness (QED) is 0.399. The molecule has 1 N–H and O–H groups in total. The van der Waals surface area contributed by atoms with Crippen molar-refractivity contribution in [3.8, 4) is 12.3 Å². The first kappa shape index (κ1) is 1.46. The summed E-state index contributed by atoms with van der Waals surface area (Å²) in [6, 6.07) is 0. The van der Waals surface area contributed by atoms with Gasteiger partial charge < -0.3 is 5.11 Å². The van der Waals surface area contributed by atoms with E-state index in [0.29, 0.717) is 0 Å². The molecule has 0 bridgehead atoms. The van der Waals surface area contributed by atoms with Gasteiger partial charge in [0.2, 0.25) is 0 Å². The molecule has 0 spiro atoms. The normalized spacial score (nSPS) is 8.80. The minimum absolute atomic E-state index is 1.00. The Kier molecular flexibility index (Phi) is 0.398. The Labute approximate surface area is 32.3 Å². The van der Waals surface area contributed by atoms with E-state index in [-0.39, 0.29) is 0 Å². The summed E-state index contributed by atoms with van der Waals surface area (Å²) in [5, 5.41) is 3.31. The third kappa shape index (κ3) is 3.03. The Bertz CT molecular complexity index is 121. The van der Waals surface area contributed by atoms with Crippen LogP contribution in [0.2, 0.25) is 0 Å². The number of carboxylic acid groups (broad SMARTS) is 1. The van der Waals surface area contributed by atoms with Crippen molar-refractivity contribution in [1.29, 1.82) is 1.43 Å². The fourth-order valence-electron chi connectivity index (χ4n) is 0.